The minimum absolute atomic E-state index is 0.0792. The van der Waals surface area contributed by atoms with E-state index in [-0.39, 0.29) is 23.0 Å². The van der Waals surface area contributed by atoms with Crippen LogP contribution in [0.1, 0.15) is 69.2 Å². The number of aryl methyl sites for hydroxylation is 1. The largest absolute Gasteiger partial charge is 0.494 e. The van der Waals surface area contributed by atoms with E-state index in [9.17, 15) is 14.4 Å². The first-order valence-corrected chi connectivity index (χ1v) is 17.0. The Bertz CT molecular complexity index is 1830. The van der Waals surface area contributed by atoms with Gasteiger partial charge in [0.25, 0.3) is 0 Å². The summed E-state index contributed by atoms with van der Waals surface area (Å²) < 4.78 is 16.9. The number of rotatable bonds is 12. The van der Waals surface area contributed by atoms with E-state index in [1.54, 1.807) is 33.0 Å². The molecule has 0 unspecified atom stereocenters. The van der Waals surface area contributed by atoms with Crippen molar-refractivity contribution >= 4 is 52.5 Å². The predicted molar refractivity (Wildman–Crippen MR) is 197 cm³/mol. The molecule has 1 saturated carbocycles. The molecule has 14 nitrogen and oxygen atoms in total. The molecule has 5 rings (SSSR count). The van der Waals surface area contributed by atoms with E-state index >= 15 is 0 Å². The van der Waals surface area contributed by atoms with E-state index in [0.29, 0.717) is 48.3 Å². The molecule has 1 fully saturated rings. The second kappa shape index (κ2) is 14.4. The molecule has 272 valence electrons. The minimum atomic E-state index is -0.619. The predicted octanol–water partition coefficient (Wildman–Crippen LogP) is 6.11. The van der Waals surface area contributed by atoms with Crippen molar-refractivity contribution in [2.45, 2.75) is 71.5 Å². The summed E-state index contributed by atoms with van der Waals surface area (Å²) in [5, 5.41) is 6.11. The first-order chi connectivity index (χ1) is 24.0. The summed E-state index contributed by atoms with van der Waals surface area (Å²) in [5.41, 5.74) is 3.92. The molecule has 1 aromatic carbocycles. The van der Waals surface area contributed by atoms with Crippen LogP contribution in [0.15, 0.2) is 43.1 Å². The molecule has 2 N–H and O–H groups in total. The number of benzene rings is 1. The molecule has 0 saturated heterocycles. The Kier molecular flexibility index (Phi) is 10.4. The number of hydrogen-bond donors (Lipinski definition) is 2. The van der Waals surface area contributed by atoms with Crippen molar-refractivity contribution in [3.05, 3.63) is 60.1 Å². The monoisotopic (exact) mass is 700 g/mol. The highest BCUT2D eigenvalue weighted by atomic mass is 16.6. The zero-order chi connectivity index (χ0) is 37.2. The molecule has 1 aliphatic heterocycles. The van der Waals surface area contributed by atoms with Gasteiger partial charge in [-0.1, -0.05) is 6.58 Å². The van der Waals surface area contributed by atoms with Crippen LogP contribution in [-0.4, -0.2) is 90.4 Å². The van der Waals surface area contributed by atoms with Crippen molar-refractivity contribution < 1.29 is 28.6 Å². The van der Waals surface area contributed by atoms with Gasteiger partial charge in [-0.3, -0.25) is 9.78 Å². The molecule has 3 aromatic rings. The first-order valence-electron chi connectivity index (χ1n) is 17.0. The lowest BCUT2D eigenvalue weighted by atomic mass is 10.0. The summed E-state index contributed by atoms with van der Waals surface area (Å²) in [6.45, 7) is 16.0. The topological polar surface area (TPSA) is 151 Å². The molecule has 51 heavy (non-hydrogen) atoms. The van der Waals surface area contributed by atoms with Gasteiger partial charge >= 0.3 is 12.1 Å². The van der Waals surface area contributed by atoms with Gasteiger partial charge in [0, 0.05) is 57.1 Å². The van der Waals surface area contributed by atoms with Crippen LogP contribution in [0.2, 0.25) is 0 Å². The average molecular weight is 701 g/mol. The van der Waals surface area contributed by atoms with Crippen LogP contribution in [0.5, 0.6) is 5.75 Å². The third kappa shape index (κ3) is 8.33. The van der Waals surface area contributed by atoms with Crippen LogP contribution in [0.4, 0.5) is 39.3 Å². The molecule has 0 bridgehead atoms. The number of methoxy groups -OCH3 is 1. The van der Waals surface area contributed by atoms with Gasteiger partial charge in [0.15, 0.2) is 5.82 Å². The number of nitrogens with zero attached hydrogens (tertiary/aromatic N) is 6. The van der Waals surface area contributed by atoms with Crippen molar-refractivity contribution in [2.24, 2.45) is 0 Å². The standard InChI is InChI=1S/C37H48N8O6/c1-11-30(46)40-25-18-26(29(49-10)19-28(25)43(8)16-17-44(9)35(48)51-36(5,6)7)41-34-38-20-24(33(47)50-22(2)3)32(42-34)45-21-37(14-15-37)31-27(45)13-12-23(4)39-31/h11-13,18-20,22H,1,14-17,21H2,2-10H3,(H,40,46)(H,38,41,42). The molecule has 1 spiro atoms. The Hall–Kier alpha value is -5.40. The number of ether oxygens (including phenoxy) is 3. The lowest BCUT2D eigenvalue weighted by Crippen LogP contribution is -2.38. The van der Waals surface area contributed by atoms with Crippen molar-refractivity contribution in [1.82, 2.24) is 19.9 Å². The molecule has 0 atom stereocenters. The normalized spacial score (nSPS) is 14.1. The van der Waals surface area contributed by atoms with Gasteiger partial charge in [0.05, 0.1) is 41.7 Å². The van der Waals surface area contributed by atoms with Gasteiger partial charge in [-0.15, -0.1) is 0 Å². The summed E-state index contributed by atoms with van der Waals surface area (Å²) in [6.07, 6.45) is 3.87. The third-order valence-electron chi connectivity index (χ3n) is 8.60. The Labute approximate surface area is 299 Å². The maximum absolute atomic E-state index is 13.4. The minimum Gasteiger partial charge on any atom is -0.494 e. The van der Waals surface area contributed by atoms with Crippen LogP contribution in [0, 0.1) is 6.92 Å². The fourth-order valence-electron chi connectivity index (χ4n) is 5.82. The Balaban J connectivity index is 1.49. The number of pyridine rings is 1. The first kappa shape index (κ1) is 36.9. The molecule has 2 amide bonds. The number of anilines is 6. The molecule has 2 aromatic heterocycles. The molecular formula is C37H48N8O6. The van der Waals surface area contributed by atoms with Crippen LogP contribution in [0.3, 0.4) is 0 Å². The highest BCUT2D eigenvalue weighted by molar-refractivity contribution is 6.02. The zero-order valence-corrected chi connectivity index (χ0v) is 30.9. The number of fused-ring (bicyclic) bond motifs is 2. The zero-order valence-electron chi connectivity index (χ0n) is 30.9. The maximum Gasteiger partial charge on any atom is 0.410 e. The smallest absolute Gasteiger partial charge is 0.410 e. The number of aromatic nitrogens is 3. The van der Waals surface area contributed by atoms with Crippen LogP contribution >= 0.6 is 0 Å². The number of esters is 1. The Morgan fingerprint density at radius 1 is 1.10 bits per heavy atom. The maximum atomic E-state index is 13.4. The number of carbonyl (C=O) groups excluding carboxylic acids is 3. The van der Waals surface area contributed by atoms with Crippen LogP contribution in [-0.2, 0) is 19.7 Å². The van der Waals surface area contributed by atoms with Crippen LogP contribution < -0.4 is 25.2 Å². The summed E-state index contributed by atoms with van der Waals surface area (Å²) in [4.78, 5) is 58.1. The Morgan fingerprint density at radius 2 is 1.82 bits per heavy atom. The van der Waals surface area contributed by atoms with E-state index in [1.165, 1.54) is 24.3 Å². The average Bonchev–Trinajstić information content (AvgIpc) is 3.78. The second-order valence-electron chi connectivity index (χ2n) is 14.3. The molecule has 1 aliphatic carbocycles. The van der Waals surface area contributed by atoms with Gasteiger partial charge < -0.3 is 39.5 Å². The summed E-state index contributed by atoms with van der Waals surface area (Å²) in [6, 6.07) is 7.46. The molecule has 3 heterocycles. The van der Waals surface area contributed by atoms with Gasteiger partial charge in [0.1, 0.15) is 16.9 Å². The lowest BCUT2D eigenvalue weighted by Gasteiger charge is -2.28. The van der Waals surface area contributed by atoms with Gasteiger partial charge in [-0.2, -0.15) is 4.98 Å². The number of hydrogen-bond acceptors (Lipinski definition) is 12. The van der Waals surface area contributed by atoms with Gasteiger partial charge in [0.2, 0.25) is 11.9 Å². The van der Waals surface area contributed by atoms with Crippen molar-refractivity contribution in [3.8, 4) is 5.75 Å². The van der Waals surface area contributed by atoms with E-state index < -0.39 is 23.6 Å². The fourth-order valence-corrected chi connectivity index (χ4v) is 5.82. The molecule has 0 radical (unpaired) electrons. The fraction of sp³-hybridized carbons (Fsp3) is 0.459. The number of likely N-dealkylation sites (N-methyl/N-ethyl adjacent to an activating group) is 2. The van der Waals surface area contributed by atoms with E-state index in [0.717, 1.165) is 29.9 Å². The quantitative estimate of drug-likeness (QED) is 0.166. The lowest BCUT2D eigenvalue weighted by molar-refractivity contribution is -0.111. The molecule has 2 aliphatic rings. The van der Waals surface area contributed by atoms with Crippen molar-refractivity contribution in [2.75, 3.05) is 61.3 Å². The summed E-state index contributed by atoms with van der Waals surface area (Å²) >= 11 is 0. The third-order valence-corrected chi connectivity index (χ3v) is 8.60. The van der Waals surface area contributed by atoms with E-state index in [1.807, 2.05) is 56.7 Å². The SMILES string of the molecule is C=CC(=O)Nc1cc(Nc2ncc(C(=O)OC(C)C)c(N3CC4(CC4)c4nc(C)ccc43)n2)c(OC)cc1N(C)CCN(C)C(=O)OC(C)(C)C. The van der Waals surface area contributed by atoms with Gasteiger partial charge in [-0.25, -0.2) is 14.6 Å². The van der Waals surface area contributed by atoms with E-state index in [4.69, 9.17) is 24.2 Å². The van der Waals surface area contributed by atoms with Crippen LogP contribution in [0.25, 0.3) is 0 Å². The summed E-state index contributed by atoms with van der Waals surface area (Å²) in [7, 11) is 5.04. The van der Waals surface area contributed by atoms with E-state index in [2.05, 4.69) is 22.2 Å². The van der Waals surface area contributed by atoms with Gasteiger partial charge in [-0.05, 0) is 78.7 Å². The number of nitrogens with one attached hydrogen (secondary N) is 2. The number of amides is 2. The van der Waals surface area contributed by atoms with Crippen molar-refractivity contribution in [1.29, 1.82) is 0 Å². The van der Waals surface area contributed by atoms with Crippen molar-refractivity contribution in [3.63, 3.8) is 0 Å². The highest BCUT2D eigenvalue weighted by Crippen LogP contribution is 2.57. The highest BCUT2D eigenvalue weighted by Gasteiger charge is 2.54. The number of carbonyl (C=O) groups is 3. The molecule has 14 heteroatoms. The Morgan fingerprint density at radius 3 is 2.45 bits per heavy atom. The summed E-state index contributed by atoms with van der Waals surface area (Å²) in [5.74, 6) is 0.0955. The second-order valence-corrected chi connectivity index (χ2v) is 14.3. The molecular weight excluding hydrogens is 652 g/mol.